The maximum Gasteiger partial charge on any atom is 0.272 e. The summed E-state index contributed by atoms with van der Waals surface area (Å²) >= 11 is 0. The largest absolute Gasteiger partial charge is 0.347 e. The molecule has 112 valence electrons. The van der Waals surface area contributed by atoms with Gasteiger partial charge in [0.25, 0.3) is 5.91 Å². The zero-order valence-corrected chi connectivity index (χ0v) is 13.1. The first-order chi connectivity index (χ1) is 9.97. The van der Waals surface area contributed by atoms with Crippen LogP contribution in [0.15, 0.2) is 30.3 Å². The maximum absolute atomic E-state index is 12.1. The van der Waals surface area contributed by atoms with Gasteiger partial charge in [-0.1, -0.05) is 24.3 Å². The Kier molecular flexibility index (Phi) is 4.75. The average molecular weight is 286 g/mol. The smallest absolute Gasteiger partial charge is 0.272 e. The van der Waals surface area contributed by atoms with Crippen molar-refractivity contribution in [3.05, 3.63) is 52.8 Å². The number of hydrogen-bond acceptors (Lipinski definition) is 3. The highest BCUT2D eigenvalue weighted by molar-refractivity contribution is 5.92. The summed E-state index contributed by atoms with van der Waals surface area (Å²) in [6, 6.07) is 9.94. The van der Waals surface area contributed by atoms with Gasteiger partial charge in [0.05, 0.1) is 0 Å². The number of carbonyl (C=O) groups excluding carboxylic acids is 1. The molecule has 0 atom stereocenters. The Balaban J connectivity index is 2.04. The van der Waals surface area contributed by atoms with Gasteiger partial charge in [-0.2, -0.15) is 5.10 Å². The second kappa shape index (κ2) is 6.54. The summed E-state index contributed by atoms with van der Waals surface area (Å²) in [4.78, 5) is 14.2. The van der Waals surface area contributed by atoms with Gasteiger partial charge in [0, 0.05) is 25.8 Å². The molecule has 0 saturated heterocycles. The van der Waals surface area contributed by atoms with Crippen LogP contribution in [0.4, 0.5) is 0 Å². The molecule has 1 aromatic heterocycles. The molecule has 5 nitrogen and oxygen atoms in total. The van der Waals surface area contributed by atoms with Crippen molar-refractivity contribution in [3.63, 3.8) is 0 Å². The zero-order valence-electron chi connectivity index (χ0n) is 13.1. The third-order valence-electron chi connectivity index (χ3n) is 3.39. The third kappa shape index (κ3) is 3.92. The molecule has 0 unspecified atom stereocenters. The molecule has 0 bridgehead atoms. The van der Waals surface area contributed by atoms with Crippen molar-refractivity contribution in [2.24, 2.45) is 7.05 Å². The molecule has 1 heterocycles. The van der Waals surface area contributed by atoms with E-state index in [9.17, 15) is 4.79 Å². The number of carbonyl (C=O) groups is 1. The molecule has 1 amide bonds. The van der Waals surface area contributed by atoms with Crippen LogP contribution in [-0.2, 0) is 20.1 Å². The standard InChI is InChI=1S/C16H22N4O/c1-12-9-15(18-20(12)4)16(21)17-10-13-7-5-6-8-14(13)11-19(2)3/h5-9H,10-11H2,1-4H3,(H,17,21). The molecule has 0 radical (unpaired) electrons. The molecule has 0 aliphatic heterocycles. The van der Waals surface area contributed by atoms with E-state index >= 15 is 0 Å². The first kappa shape index (κ1) is 15.3. The monoisotopic (exact) mass is 286 g/mol. The number of rotatable bonds is 5. The van der Waals surface area contributed by atoms with Crippen molar-refractivity contribution >= 4 is 5.91 Å². The number of nitrogens with one attached hydrogen (secondary N) is 1. The number of aromatic nitrogens is 2. The predicted octanol–water partition coefficient (Wildman–Crippen LogP) is 1.72. The fourth-order valence-corrected chi connectivity index (χ4v) is 2.16. The summed E-state index contributed by atoms with van der Waals surface area (Å²) in [7, 11) is 5.90. The molecule has 2 rings (SSSR count). The lowest BCUT2D eigenvalue weighted by Gasteiger charge is -2.14. The summed E-state index contributed by atoms with van der Waals surface area (Å²) in [5, 5.41) is 7.13. The lowest BCUT2D eigenvalue weighted by Crippen LogP contribution is -2.24. The third-order valence-corrected chi connectivity index (χ3v) is 3.39. The minimum absolute atomic E-state index is 0.140. The first-order valence-corrected chi connectivity index (χ1v) is 6.97. The van der Waals surface area contributed by atoms with E-state index in [0.717, 1.165) is 17.8 Å². The lowest BCUT2D eigenvalue weighted by atomic mass is 10.1. The minimum atomic E-state index is -0.140. The molecule has 2 aromatic rings. The molecule has 1 aromatic carbocycles. The van der Waals surface area contributed by atoms with Crippen LogP contribution in [0, 0.1) is 6.92 Å². The van der Waals surface area contributed by atoms with Crippen molar-refractivity contribution in [1.29, 1.82) is 0 Å². The Labute approximate surface area is 125 Å². The molecule has 0 saturated carbocycles. The van der Waals surface area contributed by atoms with Gasteiger partial charge in [-0.05, 0) is 38.2 Å². The van der Waals surface area contributed by atoms with Crippen LogP contribution >= 0.6 is 0 Å². The molecule has 0 fully saturated rings. The second-order valence-corrected chi connectivity index (χ2v) is 5.48. The van der Waals surface area contributed by atoms with Crippen LogP contribution < -0.4 is 5.32 Å². The molecule has 0 aliphatic rings. The fraction of sp³-hybridized carbons (Fsp3) is 0.375. The fourth-order valence-electron chi connectivity index (χ4n) is 2.16. The minimum Gasteiger partial charge on any atom is -0.347 e. The highest BCUT2D eigenvalue weighted by atomic mass is 16.1. The first-order valence-electron chi connectivity index (χ1n) is 6.97. The van der Waals surface area contributed by atoms with Crippen molar-refractivity contribution in [3.8, 4) is 0 Å². The lowest BCUT2D eigenvalue weighted by molar-refractivity contribution is 0.0945. The summed E-state index contributed by atoms with van der Waals surface area (Å²) in [5.41, 5.74) is 3.78. The van der Waals surface area contributed by atoms with Gasteiger partial charge in [0.1, 0.15) is 5.69 Å². The van der Waals surface area contributed by atoms with E-state index in [1.54, 1.807) is 10.7 Å². The van der Waals surface area contributed by atoms with Gasteiger partial charge < -0.3 is 10.2 Å². The topological polar surface area (TPSA) is 50.2 Å². The molecule has 1 N–H and O–H groups in total. The van der Waals surface area contributed by atoms with Crippen molar-refractivity contribution in [2.45, 2.75) is 20.0 Å². The predicted molar refractivity (Wildman–Crippen MR) is 82.9 cm³/mol. The van der Waals surface area contributed by atoms with E-state index in [0.29, 0.717) is 12.2 Å². The van der Waals surface area contributed by atoms with Gasteiger partial charge in [0.2, 0.25) is 0 Å². The Morgan fingerprint density at radius 1 is 1.29 bits per heavy atom. The number of amides is 1. The molecular formula is C16H22N4O. The molecular weight excluding hydrogens is 264 g/mol. The Bertz CT molecular complexity index is 611. The number of aryl methyl sites for hydroxylation is 2. The molecule has 0 spiro atoms. The van der Waals surface area contributed by atoms with Crippen LogP contribution in [0.25, 0.3) is 0 Å². The van der Waals surface area contributed by atoms with Crippen LogP contribution in [0.1, 0.15) is 27.3 Å². The molecule has 0 aliphatic carbocycles. The Morgan fingerprint density at radius 2 is 1.95 bits per heavy atom. The maximum atomic E-state index is 12.1. The van der Waals surface area contributed by atoms with Gasteiger partial charge in [-0.15, -0.1) is 0 Å². The van der Waals surface area contributed by atoms with E-state index < -0.39 is 0 Å². The summed E-state index contributed by atoms with van der Waals surface area (Å²) in [6.07, 6.45) is 0. The van der Waals surface area contributed by atoms with Gasteiger partial charge >= 0.3 is 0 Å². The van der Waals surface area contributed by atoms with Crippen LogP contribution in [0.3, 0.4) is 0 Å². The molecule has 5 heteroatoms. The highest BCUT2D eigenvalue weighted by Gasteiger charge is 2.11. The van der Waals surface area contributed by atoms with E-state index in [1.165, 1.54) is 5.56 Å². The molecule has 21 heavy (non-hydrogen) atoms. The van der Waals surface area contributed by atoms with Crippen LogP contribution in [0.5, 0.6) is 0 Å². The number of hydrogen-bond donors (Lipinski definition) is 1. The van der Waals surface area contributed by atoms with Gasteiger partial charge in [0.15, 0.2) is 0 Å². The van der Waals surface area contributed by atoms with Crippen LogP contribution in [-0.4, -0.2) is 34.7 Å². The SMILES string of the molecule is Cc1cc(C(=O)NCc2ccccc2CN(C)C)nn1C. The van der Waals surface area contributed by atoms with Crippen molar-refractivity contribution in [2.75, 3.05) is 14.1 Å². The van der Waals surface area contributed by atoms with Crippen LogP contribution in [0.2, 0.25) is 0 Å². The van der Waals surface area contributed by atoms with E-state index in [2.05, 4.69) is 21.4 Å². The van der Waals surface area contributed by atoms with Gasteiger partial charge in [-0.25, -0.2) is 0 Å². The van der Waals surface area contributed by atoms with Gasteiger partial charge in [-0.3, -0.25) is 9.48 Å². The van der Waals surface area contributed by atoms with Crippen molar-refractivity contribution < 1.29 is 4.79 Å². The van der Waals surface area contributed by atoms with E-state index in [-0.39, 0.29) is 5.91 Å². The zero-order chi connectivity index (χ0) is 15.4. The number of nitrogens with zero attached hydrogens (tertiary/aromatic N) is 3. The second-order valence-electron chi connectivity index (χ2n) is 5.48. The van der Waals surface area contributed by atoms with E-state index in [4.69, 9.17) is 0 Å². The number of benzene rings is 1. The average Bonchev–Trinajstić information content (AvgIpc) is 2.77. The summed E-state index contributed by atoms with van der Waals surface area (Å²) in [5.74, 6) is -0.140. The Morgan fingerprint density at radius 3 is 2.52 bits per heavy atom. The highest BCUT2D eigenvalue weighted by Crippen LogP contribution is 2.10. The summed E-state index contributed by atoms with van der Waals surface area (Å²) < 4.78 is 1.70. The van der Waals surface area contributed by atoms with Crippen molar-refractivity contribution in [1.82, 2.24) is 20.0 Å². The quantitative estimate of drug-likeness (QED) is 0.910. The Hall–Kier alpha value is -2.14. The summed E-state index contributed by atoms with van der Waals surface area (Å²) in [6.45, 7) is 3.30. The normalized spacial score (nSPS) is 10.9. The van der Waals surface area contributed by atoms with E-state index in [1.807, 2.05) is 46.3 Å².